The van der Waals surface area contributed by atoms with E-state index in [4.69, 9.17) is 109 Å². The molecule has 0 aromatic rings. The van der Waals surface area contributed by atoms with E-state index < -0.39 is 246 Å². The summed E-state index contributed by atoms with van der Waals surface area (Å²) in [4.78, 5) is 219. The summed E-state index contributed by atoms with van der Waals surface area (Å²) in [6.45, 7) is 17.3. The number of hydrogen-bond acceptors (Lipinski definition) is 42. The highest BCUT2D eigenvalue weighted by atomic mass is 31.2. The molecule has 17 atom stereocenters. The summed E-state index contributed by atoms with van der Waals surface area (Å²) in [6.07, 6.45) is -15.4. The number of nitrogens with zero attached hydrogens (tertiary/aromatic N) is 3. The molecule has 0 aromatic carbocycles. The minimum atomic E-state index is -1.63. The molecule has 136 heavy (non-hydrogen) atoms. The van der Waals surface area contributed by atoms with E-state index in [0.717, 1.165) is 67.2 Å². The van der Waals surface area contributed by atoms with Crippen LogP contribution in [0.15, 0.2) is 0 Å². The summed E-state index contributed by atoms with van der Waals surface area (Å²) in [5.41, 5.74) is 0. The quantitative estimate of drug-likeness (QED) is 0.0156. The normalized spacial score (nSPS) is 23.4. The SMILES string of the molecule is CC(=O)NC1C(OCCOCCOCCNC(=O)CCC(NC(=O)C2CCC(OP(OCCC#N)N(C(C)C)C(C)C)CC2)C(=O)N(CC(=O)NCCOCCOCCOC2OC(COC(C)=O)C(OC(C)=O)C(OC(C)=O)C2NC(C)=O)CC(=O)NCCOCCOCCOC2OC(COC(C)=O)C(OC(C)=O)C(OC(C)=O)C2NC(C)=O)OC(COC(C)=O)C(OC(C)=O)C1OC(C)=O. The van der Waals surface area contributed by atoms with Crippen molar-refractivity contribution in [2.75, 3.05) is 158 Å². The molecule has 4 fully saturated rings. The molecule has 0 aromatic heterocycles. The van der Waals surface area contributed by atoms with Crippen LogP contribution in [0.3, 0.4) is 0 Å². The molecule has 0 bridgehead atoms. The number of nitrogens with one attached hydrogen (secondary N) is 7. The van der Waals surface area contributed by atoms with Crippen LogP contribution in [0, 0.1) is 17.2 Å². The number of esters is 9. The Morgan fingerprint density at radius 3 is 1.00 bits per heavy atom. The van der Waals surface area contributed by atoms with Crippen LogP contribution in [-0.2, 0) is 190 Å². The number of ether oxygens (including phenoxy) is 21. The van der Waals surface area contributed by atoms with Crippen LogP contribution in [-0.4, -0.2) is 385 Å². The molecule has 3 heterocycles. The lowest BCUT2D eigenvalue weighted by Crippen LogP contribution is -2.66. The van der Waals surface area contributed by atoms with Crippen molar-refractivity contribution in [2.24, 2.45) is 5.92 Å². The maximum absolute atomic E-state index is 15.2. The number of hydrogen-bond donors (Lipinski definition) is 7. The van der Waals surface area contributed by atoms with Crippen molar-refractivity contribution >= 4 is 110 Å². The average Bonchev–Trinajstić information content (AvgIpc) is 0.792. The van der Waals surface area contributed by atoms with Crippen molar-refractivity contribution in [1.29, 1.82) is 5.26 Å². The molecule has 1 aliphatic carbocycles. The first-order valence-corrected chi connectivity index (χ1v) is 45.9. The first-order valence-electron chi connectivity index (χ1n) is 44.8. The van der Waals surface area contributed by atoms with Gasteiger partial charge in [0.2, 0.25) is 47.3 Å². The molecular formula is C85H137N10O40P. The van der Waals surface area contributed by atoms with E-state index in [-0.39, 0.29) is 163 Å². The second-order valence-corrected chi connectivity index (χ2v) is 33.3. The standard InChI is InChI=1S/C85H137N10O40P/c1-49(2)95(50(3)4)136(125-28-17-24-86)135-64-20-18-63(19-21-64)81(111)93-65(22-23-69(108)87-25-29-113-32-35-116-38-41-119-83-72(90-51(5)96)78(129-60(14)105)75(126-57(11)102)66(132-83)46-122-54(8)99)82(112)94(44-70(109)88-26-30-114-33-36-117-39-42-120-84-73(91-52(6)97)79(130-61(15)106)76(127-58(12)103)67(133-84)47-123-55(9)100)45-71(110)89-27-31-115-34-37-118-40-43-121-85-74(92-53(7)98)80(131-62(16)107)77(128-59(13)104)68(134-85)48-124-56(10)101/h49-50,63-68,72-80,83-85H,17-23,25-48H2,1-16H3,(H,87,108)(H,88,109)(H,89,110)(H,90,96)(H,91,97)(H,92,98)(H,93,111). The second kappa shape index (κ2) is 65.2. The summed E-state index contributed by atoms with van der Waals surface area (Å²) in [7, 11) is -1.63. The van der Waals surface area contributed by atoms with Gasteiger partial charge in [0.25, 0.3) is 8.53 Å². The molecular weight excluding hydrogens is 1830 g/mol. The van der Waals surface area contributed by atoms with Crippen LogP contribution in [0.2, 0.25) is 0 Å². The third-order valence-corrected chi connectivity index (χ3v) is 21.9. The van der Waals surface area contributed by atoms with Crippen molar-refractivity contribution in [3.63, 3.8) is 0 Å². The summed E-state index contributed by atoms with van der Waals surface area (Å²) >= 11 is 0. The topological polar surface area (TPSA) is 617 Å². The Bertz CT molecular complexity index is 3710. The molecule has 4 rings (SSSR count). The van der Waals surface area contributed by atoms with Gasteiger partial charge in [0.05, 0.1) is 124 Å². The highest BCUT2D eigenvalue weighted by Crippen LogP contribution is 2.49. The zero-order chi connectivity index (χ0) is 101. The Balaban J connectivity index is 1.49. The van der Waals surface area contributed by atoms with Crippen molar-refractivity contribution in [1.82, 2.24) is 46.8 Å². The monoisotopic (exact) mass is 1970 g/mol. The smallest absolute Gasteiger partial charge is 0.303 e. The predicted molar refractivity (Wildman–Crippen MR) is 464 cm³/mol. The van der Waals surface area contributed by atoms with Crippen molar-refractivity contribution in [2.45, 2.75) is 272 Å². The number of carbonyl (C=O) groups is 17. The van der Waals surface area contributed by atoms with E-state index >= 15 is 4.79 Å². The molecule has 8 amide bonds. The van der Waals surface area contributed by atoms with Gasteiger partial charge in [-0.25, -0.2) is 4.67 Å². The summed E-state index contributed by atoms with van der Waals surface area (Å²) < 4.78 is 133. The molecule has 4 aliphatic rings. The number of nitriles is 1. The molecule has 7 N–H and O–H groups in total. The van der Waals surface area contributed by atoms with Crippen LogP contribution in [0.4, 0.5) is 0 Å². The van der Waals surface area contributed by atoms with E-state index in [0.29, 0.717) is 25.7 Å². The van der Waals surface area contributed by atoms with Crippen LogP contribution < -0.4 is 37.2 Å². The Labute approximate surface area is 790 Å². The van der Waals surface area contributed by atoms with Crippen LogP contribution in [0.25, 0.3) is 0 Å². The van der Waals surface area contributed by atoms with Crippen LogP contribution in [0.5, 0.6) is 0 Å². The van der Waals surface area contributed by atoms with E-state index in [2.05, 4.69) is 48.0 Å². The van der Waals surface area contributed by atoms with Gasteiger partial charge in [-0.3, -0.25) is 81.5 Å². The zero-order valence-corrected chi connectivity index (χ0v) is 81.0. The van der Waals surface area contributed by atoms with Gasteiger partial charge in [-0.2, -0.15) is 5.26 Å². The van der Waals surface area contributed by atoms with Gasteiger partial charge in [-0.15, -0.1) is 0 Å². The van der Waals surface area contributed by atoms with E-state index in [1.165, 1.54) is 20.8 Å². The lowest BCUT2D eigenvalue weighted by molar-refractivity contribution is -0.279. The van der Waals surface area contributed by atoms with Crippen molar-refractivity contribution in [3.8, 4) is 6.07 Å². The van der Waals surface area contributed by atoms with Crippen LogP contribution in [0.1, 0.15) is 156 Å². The Morgan fingerprint density at radius 2 is 0.699 bits per heavy atom. The molecule has 51 heteroatoms. The molecule has 772 valence electrons. The zero-order valence-electron chi connectivity index (χ0n) is 80.1. The highest BCUT2D eigenvalue weighted by molar-refractivity contribution is 7.44. The fraction of sp³-hybridized carbons (Fsp3) is 0.788. The minimum Gasteiger partial charge on any atom is -0.463 e. The van der Waals surface area contributed by atoms with Gasteiger partial charge in [-0.05, 0) is 59.8 Å². The lowest BCUT2D eigenvalue weighted by atomic mass is 9.86. The van der Waals surface area contributed by atoms with Gasteiger partial charge in [-0.1, -0.05) is 0 Å². The summed E-state index contributed by atoms with van der Waals surface area (Å²) in [5, 5.41) is 28.0. The van der Waals surface area contributed by atoms with Gasteiger partial charge >= 0.3 is 53.7 Å². The summed E-state index contributed by atoms with van der Waals surface area (Å²) in [6, 6.07) is -3.10. The number of amides is 8. The van der Waals surface area contributed by atoms with Gasteiger partial charge in [0.1, 0.15) is 75.4 Å². The maximum atomic E-state index is 15.2. The summed E-state index contributed by atoms with van der Waals surface area (Å²) in [5.74, 6) is -12.9. The highest BCUT2D eigenvalue weighted by Gasteiger charge is 2.55. The first kappa shape index (κ1) is 119. The second-order valence-electron chi connectivity index (χ2n) is 31.9. The Morgan fingerprint density at radius 1 is 0.390 bits per heavy atom. The fourth-order valence-electron chi connectivity index (χ4n) is 14.4. The lowest BCUT2D eigenvalue weighted by Gasteiger charge is -2.44. The van der Waals surface area contributed by atoms with Crippen molar-refractivity contribution in [3.05, 3.63) is 0 Å². The molecule has 3 aliphatic heterocycles. The third kappa shape index (κ3) is 47.1. The number of rotatable bonds is 63. The maximum Gasteiger partial charge on any atom is 0.303 e. The third-order valence-electron chi connectivity index (χ3n) is 19.8. The van der Waals surface area contributed by atoms with Gasteiger partial charge in [0.15, 0.2) is 55.5 Å². The largest absolute Gasteiger partial charge is 0.463 e. The Hall–Kier alpha value is -9.69. The molecule has 50 nitrogen and oxygen atoms in total. The van der Waals surface area contributed by atoms with Crippen LogP contribution >= 0.6 is 8.53 Å². The molecule has 17 unspecified atom stereocenters. The van der Waals surface area contributed by atoms with E-state index in [1.54, 1.807) is 0 Å². The molecule has 0 spiro atoms. The molecule has 0 radical (unpaired) electrons. The van der Waals surface area contributed by atoms with Gasteiger partial charge in [0, 0.05) is 127 Å². The van der Waals surface area contributed by atoms with Crippen molar-refractivity contribution < 1.29 is 190 Å². The average molecular weight is 1970 g/mol. The number of carbonyl (C=O) groups excluding carboxylic acids is 17. The first-order chi connectivity index (χ1) is 64.6. The van der Waals surface area contributed by atoms with E-state index in [9.17, 15) is 82.0 Å². The fourth-order valence-corrected chi connectivity index (χ4v) is 16.1. The minimum absolute atomic E-state index is 0.00403. The Kier molecular flexibility index (Phi) is 56.9. The van der Waals surface area contributed by atoms with Gasteiger partial charge < -0.3 is 151 Å². The van der Waals surface area contributed by atoms with E-state index in [1.807, 2.05) is 27.7 Å². The predicted octanol–water partition coefficient (Wildman–Crippen LogP) is -1.60. The molecule has 1 saturated carbocycles. The molecule has 3 saturated heterocycles.